The Labute approximate surface area is 182 Å². The van der Waals surface area contributed by atoms with Gasteiger partial charge in [0.1, 0.15) is 5.01 Å². The lowest BCUT2D eigenvalue weighted by Gasteiger charge is -2.18. The molecular formula is C21H20ClN3O2S2. The van der Waals surface area contributed by atoms with Crippen LogP contribution >= 0.6 is 34.3 Å². The summed E-state index contributed by atoms with van der Waals surface area (Å²) >= 11 is 8.95. The van der Waals surface area contributed by atoms with E-state index in [0.29, 0.717) is 21.3 Å². The van der Waals surface area contributed by atoms with Gasteiger partial charge >= 0.3 is 0 Å². The van der Waals surface area contributed by atoms with Crippen molar-refractivity contribution in [2.24, 2.45) is 0 Å². The summed E-state index contributed by atoms with van der Waals surface area (Å²) in [6, 6.07) is 9.24. The molecule has 1 aliphatic rings. The van der Waals surface area contributed by atoms with Crippen molar-refractivity contribution in [1.82, 2.24) is 9.88 Å². The van der Waals surface area contributed by atoms with E-state index in [4.69, 9.17) is 11.6 Å². The van der Waals surface area contributed by atoms with Crippen molar-refractivity contribution >= 4 is 51.8 Å². The van der Waals surface area contributed by atoms with Crippen LogP contribution in [-0.2, 0) is 11.2 Å². The summed E-state index contributed by atoms with van der Waals surface area (Å²) in [4.78, 5) is 32.7. The largest absolute Gasteiger partial charge is 0.339 e. The number of aromatic nitrogens is 1. The smallest absolute Gasteiger partial charge is 0.254 e. The number of halogens is 1. The average molecular weight is 446 g/mol. The van der Waals surface area contributed by atoms with Gasteiger partial charge < -0.3 is 10.2 Å². The molecule has 29 heavy (non-hydrogen) atoms. The molecule has 0 radical (unpaired) electrons. The normalized spacial score (nSPS) is 13.7. The third-order valence-corrected chi connectivity index (χ3v) is 7.20. The van der Waals surface area contributed by atoms with E-state index in [1.807, 2.05) is 47.5 Å². The van der Waals surface area contributed by atoms with Crippen LogP contribution in [0.25, 0.3) is 9.88 Å². The Hall–Kier alpha value is -2.22. The highest BCUT2D eigenvalue weighted by Gasteiger charge is 2.22. The van der Waals surface area contributed by atoms with Crippen LogP contribution in [0.4, 0.5) is 5.69 Å². The van der Waals surface area contributed by atoms with Crippen molar-refractivity contribution in [3.8, 4) is 9.88 Å². The summed E-state index contributed by atoms with van der Waals surface area (Å²) in [5, 5.41) is 5.69. The van der Waals surface area contributed by atoms with E-state index >= 15 is 0 Å². The van der Waals surface area contributed by atoms with Gasteiger partial charge in [0.05, 0.1) is 21.3 Å². The van der Waals surface area contributed by atoms with Crippen LogP contribution in [0, 0.1) is 6.92 Å². The molecule has 2 aromatic heterocycles. The van der Waals surface area contributed by atoms with Gasteiger partial charge in [-0.2, -0.15) is 0 Å². The number of anilines is 1. The fourth-order valence-corrected chi connectivity index (χ4v) is 5.32. The van der Waals surface area contributed by atoms with Gasteiger partial charge in [0, 0.05) is 29.7 Å². The first kappa shape index (κ1) is 20.1. The highest BCUT2D eigenvalue weighted by atomic mass is 35.5. The number of hydrogen-bond acceptors (Lipinski definition) is 5. The van der Waals surface area contributed by atoms with Crippen LogP contribution in [0.2, 0.25) is 4.34 Å². The molecule has 1 fully saturated rings. The van der Waals surface area contributed by atoms with Crippen molar-refractivity contribution in [2.75, 3.05) is 18.4 Å². The Morgan fingerprint density at radius 1 is 1.21 bits per heavy atom. The standard InChI is InChI=1S/C21H20ClN3O2S2/c1-13-15(21(27)25-9-2-3-10-25)5-4-6-16(13)24-19(26)11-14-12-28-20(23-14)17-7-8-18(22)29-17/h4-8,12H,2-3,9-11H2,1H3,(H,24,26). The maximum absolute atomic E-state index is 12.7. The Bertz CT molecular complexity index is 1050. The maximum Gasteiger partial charge on any atom is 0.254 e. The van der Waals surface area contributed by atoms with E-state index in [9.17, 15) is 9.59 Å². The number of amides is 2. The zero-order valence-electron chi connectivity index (χ0n) is 15.9. The number of thiophene rings is 1. The topological polar surface area (TPSA) is 62.3 Å². The van der Waals surface area contributed by atoms with Crippen molar-refractivity contribution in [2.45, 2.75) is 26.2 Å². The maximum atomic E-state index is 12.7. The zero-order valence-corrected chi connectivity index (χ0v) is 18.3. The van der Waals surface area contributed by atoms with Gasteiger partial charge in [-0.25, -0.2) is 4.98 Å². The summed E-state index contributed by atoms with van der Waals surface area (Å²) in [6.07, 6.45) is 2.28. The van der Waals surface area contributed by atoms with Crippen LogP contribution in [-0.4, -0.2) is 34.8 Å². The summed E-state index contributed by atoms with van der Waals surface area (Å²) < 4.78 is 0.716. The molecule has 150 valence electrons. The molecule has 5 nitrogen and oxygen atoms in total. The second-order valence-electron chi connectivity index (χ2n) is 6.95. The molecule has 8 heteroatoms. The highest BCUT2D eigenvalue weighted by Crippen LogP contribution is 2.33. The molecule has 0 atom stereocenters. The Balaban J connectivity index is 1.44. The molecule has 4 rings (SSSR count). The Morgan fingerprint density at radius 3 is 2.72 bits per heavy atom. The van der Waals surface area contributed by atoms with E-state index in [1.54, 1.807) is 0 Å². The first-order chi connectivity index (χ1) is 14.0. The van der Waals surface area contributed by atoms with Gasteiger partial charge in [-0.05, 0) is 49.6 Å². The molecule has 1 saturated heterocycles. The lowest BCUT2D eigenvalue weighted by atomic mass is 10.1. The summed E-state index contributed by atoms with van der Waals surface area (Å²) in [5.74, 6) is -0.116. The van der Waals surface area contributed by atoms with Gasteiger partial charge in [0.15, 0.2) is 0 Å². The molecular weight excluding hydrogens is 426 g/mol. The second kappa shape index (κ2) is 8.65. The minimum absolute atomic E-state index is 0.0369. The number of nitrogens with zero attached hydrogens (tertiary/aromatic N) is 2. The third kappa shape index (κ3) is 4.52. The molecule has 3 heterocycles. The minimum Gasteiger partial charge on any atom is -0.339 e. The monoisotopic (exact) mass is 445 g/mol. The lowest BCUT2D eigenvalue weighted by Crippen LogP contribution is -2.28. The first-order valence-electron chi connectivity index (χ1n) is 9.40. The molecule has 3 aromatic rings. The number of carbonyl (C=O) groups excluding carboxylic acids is 2. The molecule has 0 spiro atoms. The molecule has 0 saturated carbocycles. The summed E-state index contributed by atoms with van der Waals surface area (Å²) in [6.45, 7) is 3.48. The summed E-state index contributed by atoms with van der Waals surface area (Å²) in [7, 11) is 0. The molecule has 1 aromatic carbocycles. The fourth-order valence-electron chi connectivity index (χ4n) is 3.38. The van der Waals surface area contributed by atoms with Gasteiger partial charge in [0.25, 0.3) is 5.91 Å². The fraction of sp³-hybridized carbons (Fsp3) is 0.286. The number of hydrogen-bond donors (Lipinski definition) is 1. The highest BCUT2D eigenvalue weighted by molar-refractivity contribution is 7.23. The van der Waals surface area contributed by atoms with Crippen molar-refractivity contribution in [3.63, 3.8) is 0 Å². The van der Waals surface area contributed by atoms with Crippen molar-refractivity contribution in [3.05, 3.63) is 56.9 Å². The van der Waals surface area contributed by atoms with E-state index in [2.05, 4.69) is 10.3 Å². The van der Waals surface area contributed by atoms with E-state index in [-0.39, 0.29) is 18.2 Å². The number of likely N-dealkylation sites (tertiary alicyclic amines) is 1. The molecule has 0 bridgehead atoms. The number of rotatable bonds is 5. The van der Waals surface area contributed by atoms with Crippen LogP contribution in [0.3, 0.4) is 0 Å². The van der Waals surface area contributed by atoms with Crippen LogP contribution < -0.4 is 5.32 Å². The predicted molar refractivity (Wildman–Crippen MR) is 119 cm³/mol. The molecule has 1 aliphatic heterocycles. The third-order valence-electron chi connectivity index (χ3n) is 4.91. The second-order valence-corrected chi connectivity index (χ2v) is 9.52. The molecule has 0 unspecified atom stereocenters. The molecule has 2 amide bonds. The zero-order chi connectivity index (χ0) is 20.4. The van der Waals surface area contributed by atoms with Gasteiger partial charge in [-0.1, -0.05) is 17.7 Å². The van der Waals surface area contributed by atoms with Gasteiger partial charge in [-0.3, -0.25) is 9.59 Å². The number of nitrogens with one attached hydrogen (secondary N) is 1. The number of carbonyl (C=O) groups is 2. The van der Waals surface area contributed by atoms with Gasteiger partial charge in [0.2, 0.25) is 5.91 Å². The predicted octanol–water partition coefficient (Wildman–Crippen LogP) is 5.25. The van der Waals surface area contributed by atoms with Crippen molar-refractivity contribution < 1.29 is 9.59 Å². The van der Waals surface area contributed by atoms with Crippen LogP contribution in [0.5, 0.6) is 0 Å². The Kier molecular flexibility index (Phi) is 5.99. The SMILES string of the molecule is Cc1c(NC(=O)Cc2csc(-c3ccc(Cl)s3)n2)cccc1C(=O)N1CCCC1. The quantitative estimate of drug-likeness (QED) is 0.583. The summed E-state index contributed by atoms with van der Waals surface area (Å²) in [5.41, 5.74) is 2.83. The average Bonchev–Trinajstić information content (AvgIpc) is 3.44. The van der Waals surface area contributed by atoms with Crippen molar-refractivity contribution in [1.29, 1.82) is 0 Å². The van der Waals surface area contributed by atoms with E-state index in [0.717, 1.165) is 41.4 Å². The first-order valence-corrected chi connectivity index (χ1v) is 11.5. The molecule has 0 aliphatic carbocycles. The lowest BCUT2D eigenvalue weighted by molar-refractivity contribution is -0.115. The number of benzene rings is 1. The Morgan fingerprint density at radius 2 is 2.00 bits per heavy atom. The van der Waals surface area contributed by atoms with Crippen LogP contribution in [0.15, 0.2) is 35.7 Å². The van der Waals surface area contributed by atoms with E-state index < -0.39 is 0 Å². The molecule has 1 N–H and O–H groups in total. The van der Waals surface area contributed by atoms with E-state index in [1.165, 1.54) is 22.7 Å². The minimum atomic E-state index is -0.153. The van der Waals surface area contributed by atoms with Gasteiger partial charge in [-0.15, -0.1) is 22.7 Å². The number of thiazole rings is 1. The van der Waals surface area contributed by atoms with Crippen LogP contribution in [0.1, 0.15) is 34.5 Å².